The smallest absolute Gasteiger partial charge is 0.244 e. The number of hydrogen-bond acceptors (Lipinski definition) is 8. The predicted molar refractivity (Wildman–Crippen MR) is 110 cm³/mol. The Kier molecular flexibility index (Phi) is 6.09. The van der Waals surface area contributed by atoms with Gasteiger partial charge in [0.2, 0.25) is 15.2 Å². The fourth-order valence-electron chi connectivity index (χ4n) is 2.85. The molecule has 4 rings (SSSR count). The Labute approximate surface area is 176 Å². The van der Waals surface area contributed by atoms with Gasteiger partial charge >= 0.3 is 0 Å². The number of nitrogens with one attached hydrogen (secondary N) is 1. The molecular weight excluding hydrogens is 433 g/mol. The summed E-state index contributed by atoms with van der Waals surface area (Å²) < 4.78 is 40.2. The molecule has 1 N–H and O–H groups in total. The summed E-state index contributed by atoms with van der Waals surface area (Å²) in [6, 6.07) is 9.51. The van der Waals surface area contributed by atoms with Crippen molar-refractivity contribution < 1.29 is 12.8 Å². The molecule has 0 amide bonds. The van der Waals surface area contributed by atoms with Gasteiger partial charge in [0.25, 0.3) is 0 Å². The van der Waals surface area contributed by atoms with Crippen molar-refractivity contribution in [3.8, 4) is 0 Å². The number of rotatable bonds is 7. The van der Waals surface area contributed by atoms with E-state index >= 15 is 0 Å². The molecule has 1 aliphatic heterocycles. The summed E-state index contributed by atoms with van der Waals surface area (Å²) in [5.41, 5.74) is 0.937. The molecule has 3 heterocycles. The number of pyridine rings is 1. The molecule has 152 valence electrons. The fourth-order valence-corrected chi connectivity index (χ4v) is 5.95. The number of anilines is 1. The summed E-state index contributed by atoms with van der Waals surface area (Å²) in [4.78, 5) is 4.47. The van der Waals surface area contributed by atoms with E-state index in [1.54, 1.807) is 24.3 Å². The molecule has 0 radical (unpaired) electrons. The number of aromatic nitrogens is 3. The summed E-state index contributed by atoms with van der Waals surface area (Å²) in [6.07, 6.45) is 3.19. The van der Waals surface area contributed by atoms with E-state index in [0.29, 0.717) is 34.1 Å². The highest BCUT2D eigenvalue weighted by Crippen LogP contribution is 2.31. The molecule has 2 aromatic heterocycles. The highest BCUT2D eigenvalue weighted by atomic mass is 32.2. The highest BCUT2D eigenvalue weighted by molar-refractivity contribution is 8.01. The molecule has 0 unspecified atom stereocenters. The second-order valence-corrected chi connectivity index (χ2v) is 10.6. The molecular formula is C18H18FN5O2S3. The van der Waals surface area contributed by atoms with E-state index in [4.69, 9.17) is 0 Å². The van der Waals surface area contributed by atoms with Crippen LogP contribution in [0.15, 0.2) is 56.9 Å². The number of sulfonamides is 1. The first-order valence-corrected chi connectivity index (χ1v) is 12.0. The molecule has 1 saturated heterocycles. The number of benzene rings is 1. The molecule has 0 bridgehead atoms. The first-order chi connectivity index (χ1) is 14.0. The molecule has 7 nitrogen and oxygen atoms in total. The molecule has 1 aliphatic rings. The Morgan fingerprint density at radius 2 is 1.86 bits per heavy atom. The summed E-state index contributed by atoms with van der Waals surface area (Å²) in [7, 11) is -3.46. The maximum absolute atomic E-state index is 12.9. The predicted octanol–water partition coefficient (Wildman–Crippen LogP) is 3.62. The lowest BCUT2D eigenvalue weighted by Gasteiger charge is -2.15. The molecule has 1 aromatic carbocycles. The van der Waals surface area contributed by atoms with Crippen LogP contribution in [0.2, 0.25) is 0 Å². The van der Waals surface area contributed by atoms with Gasteiger partial charge < -0.3 is 5.32 Å². The van der Waals surface area contributed by atoms with E-state index in [0.717, 1.165) is 18.4 Å². The quantitative estimate of drug-likeness (QED) is 0.587. The number of hydrogen-bond donors (Lipinski definition) is 1. The average molecular weight is 452 g/mol. The van der Waals surface area contributed by atoms with Gasteiger partial charge in [-0.2, -0.15) is 4.31 Å². The van der Waals surface area contributed by atoms with E-state index in [1.807, 2.05) is 0 Å². The van der Waals surface area contributed by atoms with Crippen LogP contribution in [0.1, 0.15) is 18.4 Å². The largest absolute Gasteiger partial charge is 0.356 e. The van der Waals surface area contributed by atoms with Crippen LogP contribution in [-0.2, 0) is 16.6 Å². The third-order valence-corrected chi connectivity index (χ3v) is 8.13. The van der Waals surface area contributed by atoms with Crippen LogP contribution in [0.5, 0.6) is 0 Å². The van der Waals surface area contributed by atoms with Crippen molar-refractivity contribution in [1.82, 2.24) is 19.5 Å². The van der Waals surface area contributed by atoms with Crippen LogP contribution in [-0.4, -0.2) is 41.0 Å². The van der Waals surface area contributed by atoms with Gasteiger partial charge in [-0.15, -0.1) is 10.2 Å². The van der Waals surface area contributed by atoms with Crippen molar-refractivity contribution in [2.24, 2.45) is 0 Å². The Balaban J connectivity index is 1.36. The van der Waals surface area contributed by atoms with Gasteiger partial charge in [-0.1, -0.05) is 23.5 Å². The van der Waals surface area contributed by atoms with E-state index in [1.165, 1.54) is 45.7 Å². The van der Waals surface area contributed by atoms with Crippen molar-refractivity contribution in [1.29, 1.82) is 0 Å². The van der Waals surface area contributed by atoms with Crippen molar-refractivity contribution >= 4 is 38.3 Å². The summed E-state index contributed by atoms with van der Waals surface area (Å²) in [5, 5.41) is 12.6. The lowest BCUT2D eigenvalue weighted by atomic mass is 10.2. The Morgan fingerprint density at radius 1 is 1.10 bits per heavy atom. The minimum Gasteiger partial charge on any atom is -0.356 e. The maximum atomic E-state index is 12.9. The molecule has 1 fully saturated rings. The zero-order valence-electron chi connectivity index (χ0n) is 15.3. The zero-order valence-corrected chi connectivity index (χ0v) is 17.7. The molecule has 0 spiro atoms. The molecule has 29 heavy (non-hydrogen) atoms. The second kappa shape index (κ2) is 8.74. The van der Waals surface area contributed by atoms with Crippen molar-refractivity contribution in [3.05, 3.63) is 54.0 Å². The lowest BCUT2D eigenvalue weighted by molar-refractivity contribution is 0.477. The minimum atomic E-state index is -3.46. The fraction of sp³-hybridized carbons (Fsp3) is 0.278. The first-order valence-electron chi connectivity index (χ1n) is 8.96. The van der Waals surface area contributed by atoms with Crippen LogP contribution >= 0.6 is 23.1 Å². The average Bonchev–Trinajstić information content (AvgIpc) is 3.41. The van der Waals surface area contributed by atoms with Gasteiger partial charge in [-0.05, 0) is 54.4 Å². The topological polar surface area (TPSA) is 88.1 Å². The summed E-state index contributed by atoms with van der Waals surface area (Å²) in [6.45, 7) is 1.65. The van der Waals surface area contributed by atoms with Gasteiger partial charge in [0, 0.05) is 25.8 Å². The molecule has 0 saturated carbocycles. The second-order valence-electron chi connectivity index (χ2n) is 6.40. The van der Waals surface area contributed by atoms with E-state index in [2.05, 4.69) is 20.5 Å². The summed E-state index contributed by atoms with van der Waals surface area (Å²) in [5.74, 6) is -0.268. The van der Waals surface area contributed by atoms with Gasteiger partial charge in [0.15, 0.2) is 4.34 Å². The van der Waals surface area contributed by atoms with Crippen LogP contribution in [0.25, 0.3) is 0 Å². The van der Waals surface area contributed by atoms with Crippen molar-refractivity contribution in [2.75, 3.05) is 18.4 Å². The number of halogens is 1. The Bertz CT molecular complexity index is 1070. The molecule has 3 aromatic rings. The van der Waals surface area contributed by atoms with Crippen LogP contribution in [0, 0.1) is 5.82 Å². The third kappa shape index (κ3) is 4.92. The van der Waals surface area contributed by atoms with Gasteiger partial charge in [-0.25, -0.2) is 17.8 Å². The zero-order chi connectivity index (χ0) is 20.3. The molecule has 11 heteroatoms. The summed E-state index contributed by atoms with van der Waals surface area (Å²) >= 11 is 2.69. The van der Waals surface area contributed by atoms with E-state index < -0.39 is 10.0 Å². The van der Waals surface area contributed by atoms with Crippen LogP contribution in [0.3, 0.4) is 0 Å². The van der Waals surface area contributed by atoms with Crippen LogP contribution in [0.4, 0.5) is 9.52 Å². The SMILES string of the molecule is O=S(=O)(c1ccc(Sc2nnc(NCc3ccc(F)cc3)s2)nc1)N1CCCC1. The standard InChI is InChI=1S/C18H18FN5O2S3/c19-14-5-3-13(4-6-14)11-21-17-22-23-18(28-17)27-16-8-7-15(12-20-16)29(25,26)24-9-1-2-10-24/h3-8,12H,1-2,9-11H2,(H,21,22). The Morgan fingerprint density at radius 3 is 2.55 bits per heavy atom. The number of nitrogens with zero attached hydrogens (tertiary/aromatic N) is 4. The lowest BCUT2D eigenvalue weighted by Crippen LogP contribution is -2.27. The molecule has 0 aliphatic carbocycles. The minimum absolute atomic E-state index is 0.211. The van der Waals surface area contributed by atoms with Crippen molar-refractivity contribution in [2.45, 2.75) is 33.6 Å². The van der Waals surface area contributed by atoms with Gasteiger partial charge in [-0.3, -0.25) is 0 Å². The van der Waals surface area contributed by atoms with Crippen molar-refractivity contribution in [3.63, 3.8) is 0 Å². The normalized spacial score (nSPS) is 14.9. The maximum Gasteiger partial charge on any atom is 0.244 e. The van der Waals surface area contributed by atoms with Gasteiger partial charge in [0.1, 0.15) is 15.7 Å². The monoisotopic (exact) mass is 451 g/mol. The van der Waals surface area contributed by atoms with Gasteiger partial charge in [0.05, 0.1) is 0 Å². The first kappa shape index (κ1) is 20.2. The molecule has 0 atom stereocenters. The highest BCUT2D eigenvalue weighted by Gasteiger charge is 2.27. The Hall–Kier alpha value is -2.08. The van der Waals surface area contributed by atoms with Crippen LogP contribution < -0.4 is 5.32 Å². The third-order valence-electron chi connectivity index (χ3n) is 4.37. The van der Waals surface area contributed by atoms with E-state index in [-0.39, 0.29) is 10.7 Å². The van der Waals surface area contributed by atoms with E-state index in [9.17, 15) is 12.8 Å².